The van der Waals surface area contributed by atoms with Gasteiger partial charge in [-0.25, -0.2) is 0 Å². The van der Waals surface area contributed by atoms with Crippen molar-refractivity contribution in [1.82, 2.24) is 15.1 Å². The summed E-state index contributed by atoms with van der Waals surface area (Å²) in [6.07, 6.45) is 2.23. The minimum atomic E-state index is -0.406. The van der Waals surface area contributed by atoms with E-state index in [-0.39, 0.29) is 5.97 Å². The zero-order valence-electron chi connectivity index (χ0n) is 11.9. The van der Waals surface area contributed by atoms with Gasteiger partial charge in [0.15, 0.2) is 0 Å². The molecule has 1 rings (SSSR count). The van der Waals surface area contributed by atoms with E-state index in [0.29, 0.717) is 13.0 Å². The van der Waals surface area contributed by atoms with Crippen molar-refractivity contribution in [3.05, 3.63) is 17.5 Å². The van der Waals surface area contributed by atoms with E-state index in [1.807, 2.05) is 45.6 Å². The smallest absolute Gasteiger partial charge is 0.307 e. The van der Waals surface area contributed by atoms with Crippen LogP contribution in [0.2, 0.25) is 0 Å². The molecular weight excluding hydrogens is 230 g/mol. The van der Waals surface area contributed by atoms with Crippen LogP contribution in [-0.2, 0) is 23.1 Å². The summed E-state index contributed by atoms with van der Waals surface area (Å²) in [5, 5.41) is 7.38. The lowest BCUT2D eigenvalue weighted by atomic mass is 10.2. The second kappa shape index (κ2) is 6.00. The number of nitrogens with one attached hydrogen (secondary N) is 1. The molecule has 0 atom stereocenters. The summed E-state index contributed by atoms with van der Waals surface area (Å²) in [5.41, 5.74) is 1.89. The van der Waals surface area contributed by atoms with E-state index in [1.54, 1.807) is 0 Å². The molecule has 102 valence electrons. The van der Waals surface area contributed by atoms with Gasteiger partial charge in [0.1, 0.15) is 5.60 Å². The van der Waals surface area contributed by atoms with Crippen molar-refractivity contribution in [2.75, 3.05) is 6.54 Å². The van der Waals surface area contributed by atoms with Crippen LogP contribution in [-0.4, -0.2) is 27.9 Å². The van der Waals surface area contributed by atoms with Gasteiger partial charge < -0.3 is 10.1 Å². The molecule has 0 radical (unpaired) electrons. The van der Waals surface area contributed by atoms with Gasteiger partial charge >= 0.3 is 5.97 Å². The van der Waals surface area contributed by atoms with Gasteiger partial charge in [-0.2, -0.15) is 5.10 Å². The molecule has 1 aromatic heterocycles. The van der Waals surface area contributed by atoms with Gasteiger partial charge in [-0.15, -0.1) is 0 Å². The third-order valence-electron chi connectivity index (χ3n) is 2.58. The molecule has 0 amide bonds. The van der Waals surface area contributed by atoms with Crippen LogP contribution in [0.5, 0.6) is 0 Å². The number of esters is 1. The van der Waals surface area contributed by atoms with Gasteiger partial charge in [0.05, 0.1) is 12.6 Å². The topological polar surface area (TPSA) is 56.1 Å². The molecule has 0 saturated carbocycles. The molecule has 5 nitrogen and oxygen atoms in total. The van der Waals surface area contributed by atoms with Crippen LogP contribution in [0.1, 0.15) is 38.4 Å². The van der Waals surface area contributed by atoms with Gasteiger partial charge in [0.25, 0.3) is 0 Å². The average molecular weight is 253 g/mol. The fraction of sp³-hybridized carbons (Fsp3) is 0.692. The number of ether oxygens (including phenoxy) is 1. The first-order chi connectivity index (χ1) is 8.29. The third kappa shape index (κ3) is 4.87. The number of carbonyl (C=O) groups is 1. The summed E-state index contributed by atoms with van der Waals surface area (Å²) in [6, 6.07) is 0. The summed E-state index contributed by atoms with van der Waals surface area (Å²) in [7, 11) is 1.92. The number of aryl methyl sites for hydroxylation is 1. The van der Waals surface area contributed by atoms with Crippen molar-refractivity contribution in [2.45, 2.75) is 46.3 Å². The number of carbonyl (C=O) groups excluding carboxylic acids is 1. The molecule has 0 fully saturated rings. The molecule has 0 unspecified atom stereocenters. The second-order valence-corrected chi connectivity index (χ2v) is 5.39. The monoisotopic (exact) mass is 253 g/mol. The van der Waals surface area contributed by atoms with E-state index < -0.39 is 5.60 Å². The Morgan fingerprint density at radius 3 is 2.67 bits per heavy atom. The first-order valence-corrected chi connectivity index (χ1v) is 6.19. The molecule has 1 aromatic rings. The minimum absolute atomic E-state index is 0.169. The van der Waals surface area contributed by atoms with Crippen molar-refractivity contribution in [3.63, 3.8) is 0 Å². The summed E-state index contributed by atoms with van der Waals surface area (Å²) in [6.45, 7) is 8.98. The fourth-order valence-electron chi connectivity index (χ4n) is 1.52. The normalized spacial score (nSPS) is 11.6. The summed E-state index contributed by atoms with van der Waals surface area (Å²) >= 11 is 0. The lowest BCUT2D eigenvalue weighted by molar-refractivity contribution is -0.154. The first-order valence-electron chi connectivity index (χ1n) is 6.19. The molecule has 0 aliphatic heterocycles. The Labute approximate surface area is 109 Å². The maximum atomic E-state index is 11.5. The van der Waals surface area contributed by atoms with Crippen LogP contribution in [0, 0.1) is 6.92 Å². The molecule has 0 bridgehead atoms. The van der Waals surface area contributed by atoms with E-state index in [9.17, 15) is 4.79 Å². The SMILES string of the molecule is Cc1c(CNCCC(=O)OC(C)(C)C)cnn1C. The Balaban J connectivity index is 2.23. The number of hydrogen-bond donors (Lipinski definition) is 1. The molecule has 1 N–H and O–H groups in total. The largest absolute Gasteiger partial charge is 0.460 e. The predicted molar refractivity (Wildman–Crippen MR) is 70.1 cm³/mol. The minimum Gasteiger partial charge on any atom is -0.460 e. The highest BCUT2D eigenvalue weighted by Gasteiger charge is 2.15. The molecule has 0 aromatic carbocycles. The summed E-state index contributed by atoms with van der Waals surface area (Å²) in [4.78, 5) is 11.5. The van der Waals surface area contributed by atoms with Gasteiger partial charge in [0.2, 0.25) is 0 Å². The predicted octanol–water partition coefficient (Wildman–Crippen LogP) is 1.55. The molecule has 0 aliphatic carbocycles. The Kier molecular flexibility index (Phi) is 4.90. The van der Waals surface area contributed by atoms with Gasteiger partial charge in [-0.3, -0.25) is 9.48 Å². The highest BCUT2D eigenvalue weighted by Crippen LogP contribution is 2.08. The van der Waals surface area contributed by atoms with Crippen molar-refractivity contribution in [1.29, 1.82) is 0 Å². The van der Waals surface area contributed by atoms with Gasteiger partial charge in [0, 0.05) is 31.4 Å². The van der Waals surface area contributed by atoms with Crippen LogP contribution in [0.4, 0.5) is 0 Å². The maximum absolute atomic E-state index is 11.5. The van der Waals surface area contributed by atoms with E-state index >= 15 is 0 Å². The fourth-order valence-corrected chi connectivity index (χ4v) is 1.52. The van der Waals surface area contributed by atoms with E-state index in [1.165, 1.54) is 0 Å². The molecule has 0 saturated heterocycles. The van der Waals surface area contributed by atoms with Crippen molar-refractivity contribution >= 4 is 5.97 Å². The van der Waals surface area contributed by atoms with Gasteiger partial charge in [-0.05, 0) is 27.7 Å². The number of aromatic nitrogens is 2. The summed E-state index contributed by atoms with van der Waals surface area (Å²) < 4.78 is 7.06. The Hall–Kier alpha value is -1.36. The van der Waals surface area contributed by atoms with E-state index in [2.05, 4.69) is 10.4 Å². The van der Waals surface area contributed by atoms with Crippen LogP contribution < -0.4 is 5.32 Å². The molecule has 5 heteroatoms. The van der Waals surface area contributed by atoms with Crippen molar-refractivity contribution < 1.29 is 9.53 Å². The third-order valence-corrected chi connectivity index (χ3v) is 2.58. The van der Waals surface area contributed by atoms with Crippen molar-refractivity contribution in [3.8, 4) is 0 Å². The van der Waals surface area contributed by atoms with Crippen LogP contribution in [0.25, 0.3) is 0 Å². The highest BCUT2D eigenvalue weighted by atomic mass is 16.6. The Bertz CT molecular complexity index is 405. The number of hydrogen-bond acceptors (Lipinski definition) is 4. The van der Waals surface area contributed by atoms with Crippen LogP contribution >= 0.6 is 0 Å². The average Bonchev–Trinajstić information content (AvgIpc) is 2.53. The number of nitrogens with zero attached hydrogens (tertiary/aromatic N) is 2. The summed E-state index contributed by atoms with van der Waals surface area (Å²) in [5.74, 6) is -0.169. The van der Waals surface area contributed by atoms with Gasteiger partial charge in [-0.1, -0.05) is 0 Å². The van der Waals surface area contributed by atoms with Crippen LogP contribution in [0.15, 0.2) is 6.20 Å². The maximum Gasteiger partial charge on any atom is 0.307 e. The molecule has 1 heterocycles. The zero-order chi connectivity index (χ0) is 13.8. The molecule has 0 aliphatic rings. The number of rotatable bonds is 5. The van der Waals surface area contributed by atoms with E-state index in [4.69, 9.17) is 4.74 Å². The highest BCUT2D eigenvalue weighted by molar-refractivity contribution is 5.70. The quantitative estimate of drug-likeness (QED) is 0.639. The standard InChI is InChI=1S/C13H23N3O2/c1-10-11(9-15-16(10)5)8-14-7-6-12(17)18-13(2,3)4/h9,14H,6-8H2,1-5H3. The van der Waals surface area contributed by atoms with Crippen molar-refractivity contribution in [2.24, 2.45) is 7.05 Å². The second-order valence-electron chi connectivity index (χ2n) is 5.39. The van der Waals surface area contributed by atoms with E-state index in [0.717, 1.165) is 17.8 Å². The zero-order valence-corrected chi connectivity index (χ0v) is 11.9. The molecule has 18 heavy (non-hydrogen) atoms. The van der Waals surface area contributed by atoms with Crippen LogP contribution in [0.3, 0.4) is 0 Å². The molecular formula is C13H23N3O2. The lowest BCUT2D eigenvalue weighted by Crippen LogP contribution is -2.26. The lowest BCUT2D eigenvalue weighted by Gasteiger charge is -2.19. The Morgan fingerprint density at radius 2 is 2.17 bits per heavy atom. The molecule has 0 spiro atoms. The Morgan fingerprint density at radius 1 is 1.50 bits per heavy atom. The first kappa shape index (κ1) is 14.7.